The van der Waals surface area contributed by atoms with Crippen LogP contribution in [0.15, 0.2) is 24.3 Å². The lowest BCUT2D eigenvalue weighted by molar-refractivity contribution is 1.01. The number of anilines is 1. The van der Waals surface area contributed by atoms with E-state index in [9.17, 15) is 0 Å². The first kappa shape index (κ1) is 9.85. The molecule has 0 saturated heterocycles. The summed E-state index contributed by atoms with van der Waals surface area (Å²) in [4.78, 5) is 0. The third kappa shape index (κ3) is 2.42. The molecule has 0 spiro atoms. The van der Waals surface area contributed by atoms with Gasteiger partial charge in [0.1, 0.15) is 5.01 Å². The van der Waals surface area contributed by atoms with Gasteiger partial charge >= 0.3 is 0 Å². The van der Waals surface area contributed by atoms with Crippen molar-refractivity contribution in [2.24, 2.45) is 0 Å². The van der Waals surface area contributed by atoms with Crippen LogP contribution in [-0.4, -0.2) is 10.2 Å². The summed E-state index contributed by atoms with van der Waals surface area (Å²) in [6.45, 7) is 0. The van der Waals surface area contributed by atoms with Crippen LogP contribution in [0, 0.1) is 3.57 Å². The van der Waals surface area contributed by atoms with Crippen molar-refractivity contribution in [1.82, 2.24) is 10.2 Å². The average Bonchev–Trinajstić information content (AvgIpc) is 2.56. The fourth-order valence-electron chi connectivity index (χ4n) is 1.11. The van der Waals surface area contributed by atoms with E-state index in [1.54, 1.807) is 0 Å². The molecule has 0 unspecified atom stereocenters. The maximum atomic E-state index is 5.50. The van der Waals surface area contributed by atoms with Gasteiger partial charge in [-0.1, -0.05) is 23.5 Å². The fourth-order valence-corrected chi connectivity index (χ4v) is 2.12. The number of benzene rings is 1. The van der Waals surface area contributed by atoms with E-state index in [-0.39, 0.29) is 0 Å². The van der Waals surface area contributed by atoms with Crippen LogP contribution < -0.4 is 5.73 Å². The molecule has 1 aromatic carbocycles. The second-order valence-corrected chi connectivity index (χ2v) is 5.18. The number of nitrogens with zero attached hydrogens (tertiary/aromatic N) is 2. The number of aromatic nitrogens is 2. The molecule has 72 valence electrons. The molecule has 3 nitrogen and oxygen atoms in total. The molecule has 2 rings (SSSR count). The zero-order valence-corrected chi connectivity index (χ0v) is 10.2. The quantitative estimate of drug-likeness (QED) is 0.865. The first-order valence-electron chi connectivity index (χ1n) is 4.06. The Morgan fingerprint density at radius 3 is 2.50 bits per heavy atom. The van der Waals surface area contributed by atoms with Crippen molar-refractivity contribution in [3.8, 4) is 0 Å². The lowest BCUT2D eigenvalue weighted by Gasteiger charge is -1.96. The molecule has 0 bridgehead atoms. The van der Waals surface area contributed by atoms with E-state index in [0.29, 0.717) is 5.13 Å². The summed E-state index contributed by atoms with van der Waals surface area (Å²) in [5.41, 5.74) is 6.74. The van der Waals surface area contributed by atoms with Crippen molar-refractivity contribution in [1.29, 1.82) is 0 Å². The molecular weight excluding hydrogens is 309 g/mol. The summed E-state index contributed by atoms with van der Waals surface area (Å²) in [6.07, 6.45) is 0.811. The molecule has 0 atom stereocenters. The highest BCUT2D eigenvalue weighted by atomic mass is 127. The molecule has 2 aromatic rings. The molecule has 0 saturated carbocycles. The first-order chi connectivity index (χ1) is 6.74. The third-order valence-electron chi connectivity index (χ3n) is 1.75. The predicted octanol–water partition coefficient (Wildman–Crippen LogP) is 2.32. The van der Waals surface area contributed by atoms with Gasteiger partial charge in [-0.3, -0.25) is 0 Å². The molecule has 0 radical (unpaired) electrons. The van der Waals surface area contributed by atoms with Gasteiger partial charge in [0.2, 0.25) is 5.13 Å². The van der Waals surface area contributed by atoms with E-state index in [1.807, 2.05) is 0 Å². The Balaban J connectivity index is 2.15. The number of hydrogen-bond acceptors (Lipinski definition) is 4. The predicted molar refractivity (Wildman–Crippen MR) is 66.3 cm³/mol. The van der Waals surface area contributed by atoms with Gasteiger partial charge in [-0.2, -0.15) is 0 Å². The van der Waals surface area contributed by atoms with Crippen LogP contribution >= 0.6 is 33.9 Å². The number of nitrogens with two attached hydrogens (primary N) is 1. The van der Waals surface area contributed by atoms with Crippen LogP contribution in [0.5, 0.6) is 0 Å². The highest BCUT2D eigenvalue weighted by Gasteiger charge is 2.01. The molecule has 2 N–H and O–H groups in total. The van der Waals surface area contributed by atoms with Crippen LogP contribution in [0.2, 0.25) is 0 Å². The van der Waals surface area contributed by atoms with Gasteiger partial charge in [0.15, 0.2) is 0 Å². The molecule has 14 heavy (non-hydrogen) atoms. The smallest absolute Gasteiger partial charge is 0.203 e. The van der Waals surface area contributed by atoms with Gasteiger partial charge in [-0.05, 0) is 40.3 Å². The monoisotopic (exact) mass is 317 g/mol. The van der Waals surface area contributed by atoms with Crippen molar-refractivity contribution < 1.29 is 0 Å². The highest BCUT2D eigenvalue weighted by molar-refractivity contribution is 14.1. The molecular formula is C9H8IN3S. The topological polar surface area (TPSA) is 51.8 Å². The summed E-state index contributed by atoms with van der Waals surface area (Å²) in [5.74, 6) is 0. The van der Waals surface area contributed by atoms with E-state index in [0.717, 1.165) is 11.4 Å². The van der Waals surface area contributed by atoms with Gasteiger partial charge in [0.05, 0.1) is 0 Å². The Kier molecular flexibility index (Phi) is 2.97. The van der Waals surface area contributed by atoms with E-state index in [4.69, 9.17) is 5.73 Å². The Labute approximate surface area is 99.5 Å². The molecule has 0 fully saturated rings. The Morgan fingerprint density at radius 1 is 1.21 bits per heavy atom. The molecule has 1 aromatic heterocycles. The van der Waals surface area contributed by atoms with Crippen molar-refractivity contribution in [2.45, 2.75) is 6.42 Å². The number of hydrogen-bond donors (Lipinski definition) is 1. The summed E-state index contributed by atoms with van der Waals surface area (Å²) in [6, 6.07) is 8.36. The van der Waals surface area contributed by atoms with Gasteiger partial charge in [-0.25, -0.2) is 0 Å². The fraction of sp³-hybridized carbons (Fsp3) is 0.111. The summed E-state index contributed by atoms with van der Waals surface area (Å²) in [7, 11) is 0. The van der Waals surface area contributed by atoms with E-state index in [1.165, 1.54) is 20.5 Å². The number of nitrogen functional groups attached to an aromatic ring is 1. The van der Waals surface area contributed by atoms with Crippen LogP contribution in [-0.2, 0) is 6.42 Å². The van der Waals surface area contributed by atoms with E-state index < -0.39 is 0 Å². The highest BCUT2D eigenvalue weighted by Crippen LogP contribution is 2.16. The largest absolute Gasteiger partial charge is 0.374 e. The zero-order valence-electron chi connectivity index (χ0n) is 7.27. The van der Waals surface area contributed by atoms with Crippen molar-refractivity contribution in [3.63, 3.8) is 0 Å². The molecule has 0 amide bonds. The SMILES string of the molecule is Nc1nnc(Cc2ccc(I)cc2)s1. The maximum Gasteiger partial charge on any atom is 0.203 e. The van der Waals surface area contributed by atoms with Crippen LogP contribution in [0.4, 0.5) is 5.13 Å². The molecule has 5 heteroatoms. The normalized spacial score (nSPS) is 10.4. The Hall–Kier alpha value is -0.690. The second kappa shape index (κ2) is 4.22. The molecule has 0 aliphatic carbocycles. The van der Waals surface area contributed by atoms with Gasteiger partial charge in [0.25, 0.3) is 0 Å². The first-order valence-corrected chi connectivity index (χ1v) is 5.96. The van der Waals surface area contributed by atoms with Crippen LogP contribution in [0.1, 0.15) is 10.6 Å². The van der Waals surface area contributed by atoms with Crippen molar-refractivity contribution in [2.75, 3.05) is 5.73 Å². The van der Waals surface area contributed by atoms with Crippen molar-refractivity contribution in [3.05, 3.63) is 38.4 Å². The second-order valence-electron chi connectivity index (χ2n) is 2.84. The van der Waals surface area contributed by atoms with Crippen LogP contribution in [0.3, 0.4) is 0 Å². The Morgan fingerprint density at radius 2 is 1.93 bits per heavy atom. The van der Waals surface area contributed by atoms with Crippen LogP contribution in [0.25, 0.3) is 0 Å². The minimum atomic E-state index is 0.533. The van der Waals surface area contributed by atoms with E-state index in [2.05, 4.69) is 57.1 Å². The minimum Gasteiger partial charge on any atom is -0.374 e. The number of rotatable bonds is 2. The van der Waals surface area contributed by atoms with Gasteiger partial charge in [0, 0.05) is 9.99 Å². The standard InChI is InChI=1S/C9H8IN3S/c10-7-3-1-6(2-4-7)5-8-12-13-9(11)14-8/h1-4H,5H2,(H2,11,13). The lowest BCUT2D eigenvalue weighted by Crippen LogP contribution is -1.87. The third-order valence-corrected chi connectivity index (χ3v) is 3.22. The number of halogens is 1. The summed E-state index contributed by atoms with van der Waals surface area (Å²) in [5, 5.41) is 9.24. The Bertz CT molecular complexity index is 424. The maximum absolute atomic E-state index is 5.50. The molecule has 0 aliphatic heterocycles. The summed E-state index contributed by atoms with van der Waals surface area (Å²) >= 11 is 3.73. The molecule has 0 aliphatic rings. The van der Waals surface area contributed by atoms with Crippen molar-refractivity contribution >= 4 is 39.1 Å². The average molecular weight is 317 g/mol. The lowest BCUT2D eigenvalue weighted by atomic mass is 10.2. The molecule has 1 heterocycles. The summed E-state index contributed by atoms with van der Waals surface area (Å²) < 4.78 is 1.24. The zero-order chi connectivity index (χ0) is 9.97. The van der Waals surface area contributed by atoms with Gasteiger partial charge < -0.3 is 5.73 Å². The van der Waals surface area contributed by atoms with Gasteiger partial charge in [-0.15, -0.1) is 10.2 Å². The minimum absolute atomic E-state index is 0.533. The van der Waals surface area contributed by atoms with E-state index >= 15 is 0 Å².